The van der Waals surface area contributed by atoms with Crippen molar-refractivity contribution in [2.75, 3.05) is 34.9 Å². The normalized spacial score (nSPS) is 21.3. The smallest absolute Gasteiger partial charge is 0.161 e. The quantitative estimate of drug-likeness (QED) is 0.930. The summed E-state index contributed by atoms with van der Waals surface area (Å²) in [5.74, 6) is 2.31. The molecule has 0 fully saturated rings. The molecule has 2 aromatic carbocycles. The first-order chi connectivity index (χ1) is 12.1. The molecule has 2 heterocycles. The maximum atomic E-state index is 10.8. The number of nitrogens with zero attached hydrogens (tertiary/aromatic N) is 1. The average molecular weight is 341 g/mol. The van der Waals surface area contributed by atoms with Gasteiger partial charge in [0, 0.05) is 24.1 Å². The summed E-state index contributed by atoms with van der Waals surface area (Å²) in [5, 5.41) is 10.8. The molecule has 0 radical (unpaired) electrons. The van der Waals surface area contributed by atoms with Gasteiger partial charge in [0.05, 0.1) is 21.3 Å². The maximum Gasteiger partial charge on any atom is 0.161 e. The maximum absolute atomic E-state index is 10.8. The average Bonchev–Trinajstić information content (AvgIpc) is 2.85. The Morgan fingerprint density at radius 3 is 2.24 bits per heavy atom. The van der Waals surface area contributed by atoms with Crippen LogP contribution < -0.4 is 14.2 Å². The molecule has 1 aliphatic carbocycles. The number of aromatic hydroxyl groups is 1. The molecule has 25 heavy (non-hydrogen) atoms. The Morgan fingerprint density at radius 2 is 1.60 bits per heavy atom. The van der Waals surface area contributed by atoms with Crippen LogP contribution in [0.15, 0.2) is 24.3 Å². The summed E-state index contributed by atoms with van der Waals surface area (Å²) < 4.78 is 16.4. The number of hydrogen-bond donors (Lipinski definition) is 1. The van der Waals surface area contributed by atoms with Crippen molar-refractivity contribution in [1.29, 1.82) is 0 Å². The molecule has 1 N–H and O–H groups in total. The van der Waals surface area contributed by atoms with Gasteiger partial charge in [-0.3, -0.25) is 4.90 Å². The van der Waals surface area contributed by atoms with E-state index >= 15 is 0 Å². The summed E-state index contributed by atoms with van der Waals surface area (Å²) in [6.07, 6.45) is 0.850. The Balaban J connectivity index is 1.98. The summed E-state index contributed by atoms with van der Waals surface area (Å²) in [4.78, 5) is 2.35. The van der Waals surface area contributed by atoms with Crippen molar-refractivity contribution in [2.45, 2.75) is 18.4 Å². The molecular formula is C20H23NO4. The third kappa shape index (κ3) is 2.26. The van der Waals surface area contributed by atoms with Crippen molar-refractivity contribution in [3.05, 3.63) is 46.5 Å². The molecule has 2 atom stereocenters. The number of ether oxygens (including phenoxy) is 3. The second kappa shape index (κ2) is 5.85. The van der Waals surface area contributed by atoms with E-state index in [9.17, 15) is 5.11 Å². The zero-order valence-corrected chi connectivity index (χ0v) is 15.0. The molecule has 3 aliphatic rings. The number of rotatable bonds is 3. The second-order valence-corrected chi connectivity index (χ2v) is 6.74. The lowest BCUT2D eigenvalue weighted by molar-refractivity contribution is 0.225. The van der Waals surface area contributed by atoms with E-state index in [1.165, 1.54) is 16.7 Å². The highest BCUT2D eigenvalue weighted by Crippen LogP contribution is 2.52. The number of phenolic OH excluding ortho intramolecular Hbond substituents is 1. The summed E-state index contributed by atoms with van der Waals surface area (Å²) in [6, 6.07) is 8.33. The Hall–Kier alpha value is -2.40. The van der Waals surface area contributed by atoms with Gasteiger partial charge in [0.15, 0.2) is 23.0 Å². The zero-order chi connectivity index (χ0) is 17.7. The molecule has 0 saturated carbocycles. The molecular weight excluding hydrogens is 318 g/mol. The lowest BCUT2D eigenvalue weighted by Gasteiger charge is -2.36. The van der Waals surface area contributed by atoms with Crippen LogP contribution in [0.1, 0.15) is 34.2 Å². The molecule has 0 saturated heterocycles. The second-order valence-electron chi connectivity index (χ2n) is 6.74. The number of fused-ring (bicyclic) bond motifs is 1. The number of phenols is 1. The van der Waals surface area contributed by atoms with E-state index in [-0.39, 0.29) is 17.7 Å². The fraction of sp³-hybridized carbons (Fsp3) is 0.400. The largest absolute Gasteiger partial charge is 0.504 e. The van der Waals surface area contributed by atoms with Crippen molar-refractivity contribution in [2.24, 2.45) is 0 Å². The molecule has 2 aliphatic heterocycles. The van der Waals surface area contributed by atoms with Crippen molar-refractivity contribution in [1.82, 2.24) is 4.90 Å². The minimum atomic E-state index is 0.0728. The van der Waals surface area contributed by atoms with Crippen LogP contribution >= 0.6 is 0 Å². The van der Waals surface area contributed by atoms with E-state index in [1.54, 1.807) is 21.3 Å². The summed E-state index contributed by atoms with van der Waals surface area (Å²) >= 11 is 0. The monoisotopic (exact) mass is 341 g/mol. The van der Waals surface area contributed by atoms with Crippen LogP contribution in [0.5, 0.6) is 23.0 Å². The highest BCUT2D eigenvalue weighted by Gasteiger charge is 2.40. The lowest BCUT2D eigenvalue weighted by Crippen LogP contribution is -2.34. The topological polar surface area (TPSA) is 51.2 Å². The highest BCUT2D eigenvalue weighted by atomic mass is 16.5. The fourth-order valence-corrected chi connectivity index (χ4v) is 4.33. The van der Waals surface area contributed by atoms with Gasteiger partial charge in [-0.05, 0) is 48.4 Å². The molecule has 1 unspecified atom stereocenters. The Morgan fingerprint density at radius 1 is 0.960 bits per heavy atom. The summed E-state index contributed by atoms with van der Waals surface area (Å²) in [5.41, 5.74) is 4.58. The van der Waals surface area contributed by atoms with Gasteiger partial charge < -0.3 is 19.3 Å². The fourth-order valence-electron chi connectivity index (χ4n) is 4.33. The van der Waals surface area contributed by atoms with Gasteiger partial charge in [-0.2, -0.15) is 0 Å². The molecule has 0 amide bonds. The molecule has 5 nitrogen and oxygen atoms in total. The van der Waals surface area contributed by atoms with Crippen LogP contribution in [0, 0.1) is 0 Å². The number of likely N-dealkylation sites (N-methyl/N-ethyl adjacent to an activating group) is 1. The minimum absolute atomic E-state index is 0.0728. The minimum Gasteiger partial charge on any atom is -0.504 e. The molecule has 0 aromatic heterocycles. The highest BCUT2D eigenvalue weighted by molar-refractivity contribution is 5.61. The zero-order valence-electron chi connectivity index (χ0n) is 15.0. The SMILES string of the molecule is COc1cc2c(cc1OC)[C@H]1CN(C)C2Cc2ccc(OC)c(O)c21. The molecule has 5 rings (SSSR count). The van der Waals surface area contributed by atoms with Crippen LogP contribution in [-0.4, -0.2) is 44.9 Å². The van der Waals surface area contributed by atoms with E-state index < -0.39 is 0 Å². The van der Waals surface area contributed by atoms with E-state index in [1.807, 2.05) is 6.07 Å². The van der Waals surface area contributed by atoms with E-state index in [4.69, 9.17) is 14.2 Å². The van der Waals surface area contributed by atoms with Crippen LogP contribution in [0.4, 0.5) is 0 Å². The first-order valence-electron chi connectivity index (χ1n) is 8.43. The Kier molecular flexibility index (Phi) is 3.76. The van der Waals surface area contributed by atoms with E-state index in [2.05, 4.69) is 30.1 Å². The predicted molar refractivity (Wildman–Crippen MR) is 95.1 cm³/mol. The van der Waals surface area contributed by atoms with Gasteiger partial charge in [0.1, 0.15) is 0 Å². The van der Waals surface area contributed by atoms with Crippen LogP contribution in [0.2, 0.25) is 0 Å². The van der Waals surface area contributed by atoms with E-state index in [0.29, 0.717) is 5.75 Å². The van der Waals surface area contributed by atoms with Crippen molar-refractivity contribution in [3.63, 3.8) is 0 Å². The number of methoxy groups -OCH3 is 3. The summed E-state index contributed by atoms with van der Waals surface area (Å²) in [6.45, 7) is 0.848. The van der Waals surface area contributed by atoms with Crippen molar-refractivity contribution in [3.8, 4) is 23.0 Å². The van der Waals surface area contributed by atoms with E-state index in [0.717, 1.165) is 30.0 Å². The van der Waals surface area contributed by atoms with Crippen LogP contribution in [-0.2, 0) is 6.42 Å². The Bertz CT molecular complexity index is 833. The molecule has 132 valence electrons. The molecule has 2 aromatic rings. The van der Waals surface area contributed by atoms with Gasteiger partial charge in [-0.1, -0.05) is 6.07 Å². The third-order valence-corrected chi connectivity index (χ3v) is 5.58. The lowest BCUT2D eigenvalue weighted by atomic mass is 9.83. The van der Waals surface area contributed by atoms with Crippen LogP contribution in [0.25, 0.3) is 0 Å². The molecule has 5 heteroatoms. The molecule has 0 spiro atoms. The van der Waals surface area contributed by atoms with Crippen molar-refractivity contribution >= 4 is 0 Å². The summed E-state index contributed by atoms with van der Waals surface area (Å²) in [7, 11) is 7.04. The van der Waals surface area contributed by atoms with Gasteiger partial charge in [-0.15, -0.1) is 0 Å². The van der Waals surface area contributed by atoms with Crippen molar-refractivity contribution < 1.29 is 19.3 Å². The van der Waals surface area contributed by atoms with Gasteiger partial charge in [0.2, 0.25) is 0 Å². The predicted octanol–water partition coefficient (Wildman–Crippen LogP) is 3.09. The van der Waals surface area contributed by atoms with Gasteiger partial charge >= 0.3 is 0 Å². The first kappa shape index (κ1) is 16.1. The Labute approximate surface area is 147 Å². The van der Waals surface area contributed by atoms with Crippen LogP contribution in [0.3, 0.4) is 0 Å². The number of benzene rings is 2. The standard InChI is InChI=1S/C20H23NO4/c1-21-10-14-12-8-17(24-3)18(25-4)9-13(12)15(21)7-11-5-6-16(23-2)20(22)19(11)14/h5-6,8-9,14-15,22H,7,10H2,1-4H3/t14-,15?/m1/s1. The van der Waals surface area contributed by atoms with Gasteiger partial charge in [-0.25, -0.2) is 0 Å². The third-order valence-electron chi connectivity index (χ3n) is 5.58. The van der Waals surface area contributed by atoms with Gasteiger partial charge in [0.25, 0.3) is 0 Å². The first-order valence-corrected chi connectivity index (χ1v) is 8.43. The molecule has 2 bridgehead atoms. The number of hydrogen-bond acceptors (Lipinski definition) is 5.